The van der Waals surface area contributed by atoms with Gasteiger partial charge in [-0.3, -0.25) is 5.10 Å². The summed E-state index contributed by atoms with van der Waals surface area (Å²) in [7, 11) is -3.44. The molecule has 1 aromatic rings. The maximum Gasteiger partial charge on any atom is 0.246 e. The molecule has 0 aliphatic carbocycles. The second-order valence-corrected chi connectivity index (χ2v) is 7.38. The molecule has 8 heteroatoms. The fraction of sp³-hybridized carbons (Fsp3) is 0.769. The van der Waals surface area contributed by atoms with E-state index in [-0.39, 0.29) is 0 Å². The van der Waals surface area contributed by atoms with Gasteiger partial charge in [0.05, 0.1) is 11.4 Å². The lowest BCUT2D eigenvalue weighted by atomic mass is 10.2. The van der Waals surface area contributed by atoms with Crippen molar-refractivity contribution in [3.8, 4) is 0 Å². The molecule has 7 nitrogen and oxygen atoms in total. The number of hydrogen-bond donors (Lipinski definition) is 2. The highest BCUT2D eigenvalue weighted by molar-refractivity contribution is 7.89. The summed E-state index contributed by atoms with van der Waals surface area (Å²) in [6.45, 7) is 7.81. The molecule has 21 heavy (non-hydrogen) atoms. The molecule has 0 amide bonds. The van der Waals surface area contributed by atoms with E-state index < -0.39 is 10.0 Å². The van der Waals surface area contributed by atoms with E-state index in [1.165, 1.54) is 0 Å². The SMILES string of the molecule is Cc1n[nH]c(C)c1S(=O)(=O)N1CCN(CCCCN)CC1. The lowest BCUT2D eigenvalue weighted by Gasteiger charge is -2.34. The summed E-state index contributed by atoms with van der Waals surface area (Å²) in [4.78, 5) is 2.63. The molecule has 1 saturated heterocycles. The Labute approximate surface area is 126 Å². The number of rotatable bonds is 6. The molecule has 0 saturated carbocycles. The number of unbranched alkanes of at least 4 members (excludes halogenated alkanes) is 1. The van der Waals surface area contributed by atoms with E-state index in [0.29, 0.717) is 35.9 Å². The van der Waals surface area contributed by atoms with Crippen LogP contribution in [0.3, 0.4) is 0 Å². The minimum Gasteiger partial charge on any atom is -0.330 e. The van der Waals surface area contributed by atoms with Crippen molar-refractivity contribution in [3.05, 3.63) is 11.4 Å². The third kappa shape index (κ3) is 3.63. The van der Waals surface area contributed by atoms with Crippen molar-refractivity contribution in [1.82, 2.24) is 19.4 Å². The quantitative estimate of drug-likeness (QED) is 0.725. The van der Waals surface area contributed by atoms with Crippen LogP contribution in [0.2, 0.25) is 0 Å². The van der Waals surface area contributed by atoms with Crippen molar-refractivity contribution in [2.24, 2.45) is 5.73 Å². The Hall–Kier alpha value is -0.960. The first-order valence-electron chi connectivity index (χ1n) is 7.41. The molecule has 1 aliphatic heterocycles. The minimum absolute atomic E-state index is 0.332. The predicted molar refractivity (Wildman–Crippen MR) is 81.5 cm³/mol. The fourth-order valence-corrected chi connectivity index (χ4v) is 4.48. The first kappa shape index (κ1) is 16.4. The van der Waals surface area contributed by atoms with Crippen molar-refractivity contribution in [2.75, 3.05) is 39.3 Å². The summed E-state index contributed by atoms with van der Waals surface area (Å²) in [5.74, 6) is 0. The van der Waals surface area contributed by atoms with Gasteiger partial charge in [-0.05, 0) is 39.8 Å². The van der Waals surface area contributed by atoms with Gasteiger partial charge in [0.2, 0.25) is 10.0 Å². The summed E-state index contributed by atoms with van der Waals surface area (Å²) in [6, 6.07) is 0. The molecule has 1 aliphatic rings. The topological polar surface area (TPSA) is 95.3 Å². The summed E-state index contributed by atoms with van der Waals surface area (Å²) in [5, 5.41) is 6.74. The number of sulfonamides is 1. The van der Waals surface area contributed by atoms with Crippen LogP contribution in [0.1, 0.15) is 24.2 Å². The van der Waals surface area contributed by atoms with E-state index in [1.807, 2.05) is 0 Å². The van der Waals surface area contributed by atoms with Crippen LogP contribution in [0, 0.1) is 13.8 Å². The maximum atomic E-state index is 12.7. The number of nitrogens with two attached hydrogens (primary N) is 1. The van der Waals surface area contributed by atoms with Crippen LogP contribution >= 0.6 is 0 Å². The number of piperazine rings is 1. The molecule has 0 atom stereocenters. The molecule has 0 radical (unpaired) electrons. The number of aryl methyl sites for hydroxylation is 2. The Morgan fingerprint density at radius 3 is 2.38 bits per heavy atom. The van der Waals surface area contributed by atoms with E-state index in [9.17, 15) is 8.42 Å². The van der Waals surface area contributed by atoms with Crippen molar-refractivity contribution < 1.29 is 8.42 Å². The summed E-state index contributed by atoms with van der Waals surface area (Å²) < 4.78 is 26.9. The van der Waals surface area contributed by atoms with E-state index >= 15 is 0 Å². The first-order valence-corrected chi connectivity index (χ1v) is 8.85. The molecular formula is C13H25N5O2S. The van der Waals surface area contributed by atoms with Crippen LogP contribution in [-0.2, 0) is 10.0 Å². The molecule has 0 spiro atoms. The number of nitrogens with zero attached hydrogens (tertiary/aromatic N) is 3. The Bertz CT molecular complexity index is 542. The van der Waals surface area contributed by atoms with Crippen LogP contribution in [0.4, 0.5) is 0 Å². The zero-order valence-corrected chi connectivity index (χ0v) is 13.6. The van der Waals surface area contributed by atoms with Gasteiger partial charge in [-0.15, -0.1) is 0 Å². The largest absolute Gasteiger partial charge is 0.330 e. The van der Waals surface area contributed by atoms with Gasteiger partial charge in [0.1, 0.15) is 4.90 Å². The number of aromatic nitrogens is 2. The molecule has 1 aromatic heterocycles. The predicted octanol–water partition coefficient (Wildman–Crippen LogP) is 0.0717. The molecule has 0 aromatic carbocycles. The van der Waals surface area contributed by atoms with Crippen molar-refractivity contribution in [1.29, 1.82) is 0 Å². The van der Waals surface area contributed by atoms with Gasteiger partial charge in [0.25, 0.3) is 0 Å². The second kappa shape index (κ2) is 6.87. The van der Waals surface area contributed by atoms with Crippen LogP contribution in [0.15, 0.2) is 4.90 Å². The molecule has 2 heterocycles. The first-order chi connectivity index (χ1) is 9.96. The average molecular weight is 315 g/mol. The lowest BCUT2D eigenvalue weighted by molar-refractivity contribution is 0.186. The van der Waals surface area contributed by atoms with Gasteiger partial charge in [-0.25, -0.2) is 8.42 Å². The standard InChI is InChI=1S/C13H25N5O2S/c1-11-13(12(2)16-15-11)21(19,20)18-9-7-17(8-10-18)6-4-3-5-14/h3-10,14H2,1-2H3,(H,15,16). The Balaban J connectivity index is 1.98. The van der Waals surface area contributed by atoms with Gasteiger partial charge in [-0.1, -0.05) is 0 Å². The highest BCUT2D eigenvalue weighted by atomic mass is 32.2. The molecule has 2 rings (SSSR count). The van der Waals surface area contributed by atoms with E-state index in [2.05, 4.69) is 15.1 Å². The van der Waals surface area contributed by atoms with Gasteiger partial charge >= 0.3 is 0 Å². The zero-order valence-electron chi connectivity index (χ0n) is 12.8. The minimum atomic E-state index is -3.44. The van der Waals surface area contributed by atoms with Gasteiger partial charge in [0.15, 0.2) is 0 Å². The Morgan fingerprint density at radius 2 is 1.86 bits per heavy atom. The number of hydrogen-bond acceptors (Lipinski definition) is 5. The second-order valence-electron chi connectivity index (χ2n) is 5.50. The highest BCUT2D eigenvalue weighted by Gasteiger charge is 2.31. The van der Waals surface area contributed by atoms with Crippen LogP contribution in [0.5, 0.6) is 0 Å². The zero-order chi connectivity index (χ0) is 15.5. The molecule has 1 fully saturated rings. The monoisotopic (exact) mass is 315 g/mol. The average Bonchev–Trinajstić information content (AvgIpc) is 2.79. The van der Waals surface area contributed by atoms with Crippen LogP contribution in [-0.4, -0.2) is 67.1 Å². The van der Waals surface area contributed by atoms with Crippen molar-refractivity contribution in [3.63, 3.8) is 0 Å². The van der Waals surface area contributed by atoms with Crippen LogP contribution in [0.25, 0.3) is 0 Å². The normalized spacial score (nSPS) is 18.2. The molecular weight excluding hydrogens is 290 g/mol. The van der Waals surface area contributed by atoms with E-state index in [0.717, 1.165) is 32.5 Å². The van der Waals surface area contributed by atoms with Crippen molar-refractivity contribution in [2.45, 2.75) is 31.6 Å². The summed E-state index contributed by atoms with van der Waals surface area (Å²) in [5.41, 5.74) is 6.64. The molecule has 0 unspecified atom stereocenters. The Kier molecular flexibility index (Phi) is 5.37. The maximum absolute atomic E-state index is 12.7. The Morgan fingerprint density at radius 1 is 1.19 bits per heavy atom. The van der Waals surface area contributed by atoms with Gasteiger partial charge in [-0.2, -0.15) is 9.40 Å². The van der Waals surface area contributed by atoms with Gasteiger partial charge in [0, 0.05) is 26.2 Å². The summed E-state index contributed by atoms with van der Waals surface area (Å²) in [6.07, 6.45) is 2.09. The third-order valence-electron chi connectivity index (χ3n) is 3.92. The molecule has 0 bridgehead atoms. The van der Waals surface area contributed by atoms with Crippen molar-refractivity contribution >= 4 is 10.0 Å². The van der Waals surface area contributed by atoms with Gasteiger partial charge < -0.3 is 10.6 Å². The molecule has 3 N–H and O–H groups in total. The summed E-state index contributed by atoms with van der Waals surface area (Å²) >= 11 is 0. The smallest absolute Gasteiger partial charge is 0.246 e. The molecule has 120 valence electrons. The van der Waals surface area contributed by atoms with E-state index in [1.54, 1.807) is 18.2 Å². The fourth-order valence-electron chi connectivity index (χ4n) is 2.72. The lowest BCUT2D eigenvalue weighted by Crippen LogP contribution is -2.48. The highest BCUT2D eigenvalue weighted by Crippen LogP contribution is 2.22. The van der Waals surface area contributed by atoms with E-state index in [4.69, 9.17) is 5.73 Å². The third-order valence-corrected chi connectivity index (χ3v) is 6.08. The van der Waals surface area contributed by atoms with Crippen LogP contribution < -0.4 is 5.73 Å². The number of H-pyrrole nitrogens is 1. The number of aromatic amines is 1. The number of nitrogens with one attached hydrogen (secondary N) is 1.